The van der Waals surface area contributed by atoms with E-state index in [0.29, 0.717) is 5.56 Å². The third-order valence-corrected chi connectivity index (χ3v) is 3.91. The third kappa shape index (κ3) is 5.90. The molecular weight excluding hydrogens is 360 g/mol. The fraction of sp³-hybridized carbons (Fsp3) is 0.294. The van der Waals surface area contributed by atoms with Crippen LogP contribution in [0.1, 0.15) is 29.3 Å². The second kappa shape index (κ2) is 8.53. The van der Waals surface area contributed by atoms with E-state index < -0.39 is 0 Å². The Kier molecular flexibility index (Phi) is 6.40. The van der Waals surface area contributed by atoms with Crippen LogP contribution in [0.25, 0.3) is 0 Å². The van der Waals surface area contributed by atoms with Gasteiger partial charge in [0.2, 0.25) is 5.91 Å². The van der Waals surface area contributed by atoms with Gasteiger partial charge in [0, 0.05) is 10.5 Å². The molecule has 1 aromatic heterocycles. The Bertz CT molecular complexity index is 638. The first-order valence-corrected chi connectivity index (χ1v) is 8.18. The van der Waals surface area contributed by atoms with Gasteiger partial charge in [-0.05, 0) is 43.5 Å². The first kappa shape index (κ1) is 17.3. The molecule has 2 rings (SSSR count). The molecule has 0 spiro atoms. The molecule has 1 heterocycles. The van der Waals surface area contributed by atoms with Gasteiger partial charge >= 0.3 is 0 Å². The third-order valence-electron chi connectivity index (χ3n) is 3.38. The first-order chi connectivity index (χ1) is 11.0. The monoisotopic (exact) mass is 378 g/mol. The minimum Gasteiger partial charge on any atom is -0.472 e. The molecule has 0 aliphatic carbocycles. The molecule has 0 aliphatic rings. The lowest BCUT2D eigenvalue weighted by atomic mass is 10.1. The van der Waals surface area contributed by atoms with Crippen molar-refractivity contribution < 1.29 is 14.0 Å². The van der Waals surface area contributed by atoms with E-state index in [4.69, 9.17) is 4.42 Å². The zero-order valence-electron chi connectivity index (χ0n) is 12.8. The van der Waals surface area contributed by atoms with Crippen LogP contribution in [0.4, 0.5) is 0 Å². The zero-order valence-corrected chi connectivity index (χ0v) is 14.4. The van der Waals surface area contributed by atoms with E-state index in [1.54, 1.807) is 6.07 Å². The van der Waals surface area contributed by atoms with Crippen LogP contribution in [0.5, 0.6) is 0 Å². The van der Waals surface area contributed by atoms with Crippen molar-refractivity contribution in [3.63, 3.8) is 0 Å². The molecule has 1 aromatic carbocycles. The smallest absolute Gasteiger partial charge is 0.254 e. The minimum atomic E-state index is -0.323. The molecule has 0 aliphatic heterocycles. The summed E-state index contributed by atoms with van der Waals surface area (Å²) < 4.78 is 5.88. The molecule has 23 heavy (non-hydrogen) atoms. The van der Waals surface area contributed by atoms with E-state index in [2.05, 4.69) is 38.7 Å². The fourth-order valence-corrected chi connectivity index (χ4v) is 2.35. The molecule has 6 heteroatoms. The predicted octanol–water partition coefficient (Wildman–Crippen LogP) is 2.91. The number of hydrogen-bond donors (Lipinski definition) is 2. The summed E-state index contributed by atoms with van der Waals surface area (Å²) in [4.78, 5) is 23.5. The summed E-state index contributed by atoms with van der Waals surface area (Å²) in [7, 11) is 0. The van der Waals surface area contributed by atoms with Crippen LogP contribution in [0.15, 0.2) is 51.7 Å². The summed E-state index contributed by atoms with van der Waals surface area (Å²) in [5.41, 5.74) is 1.63. The number of aryl methyl sites for hydroxylation is 1. The Morgan fingerprint density at radius 2 is 1.96 bits per heavy atom. The van der Waals surface area contributed by atoms with Crippen molar-refractivity contribution in [1.29, 1.82) is 0 Å². The number of hydrogen-bond acceptors (Lipinski definition) is 3. The van der Waals surface area contributed by atoms with E-state index in [-0.39, 0.29) is 24.4 Å². The van der Waals surface area contributed by atoms with Gasteiger partial charge in [0.15, 0.2) is 0 Å². The van der Waals surface area contributed by atoms with Gasteiger partial charge < -0.3 is 15.1 Å². The first-order valence-electron chi connectivity index (χ1n) is 7.39. The molecule has 2 aromatic rings. The van der Waals surface area contributed by atoms with Gasteiger partial charge in [-0.2, -0.15) is 0 Å². The van der Waals surface area contributed by atoms with Crippen LogP contribution in [0.2, 0.25) is 0 Å². The molecule has 0 saturated heterocycles. The second-order valence-electron chi connectivity index (χ2n) is 5.33. The van der Waals surface area contributed by atoms with Crippen LogP contribution >= 0.6 is 15.9 Å². The van der Waals surface area contributed by atoms with Gasteiger partial charge in [0.25, 0.3) is 5.91 Å². The number of rotatable bonds is 7. The van der Waals surface area contributed by atoms with E-state index in [0.717, 1.165) is 17.3 Å². The lowest BCUT2D eigenvalue weighted by molar-refractivity contribution is -0.120. The Balaban J connectivity index is 1.68. The second-order valence-corrected chi connectivity index (χ2v) is 6.24. The van der Waals surface area contributed by atoms with Crippen LogP contribution in [0, 0.1) is 0 Å². The molecule has 2 N–H and O–H groups in total. The van der Waals surface area contributed by atoms with Crippen molar-refractivity contribution in [2.45, 2.75) is 25.8 Å². The van der Waals surface area contributed by atoms with Gasteiger partial charge in [-0.1, -0.05) is 28.1 Å². The van der Waals surface area contributed by atoms with E-state index in [1.165, 1.54) is 18.1 Å². The van der Waals surface area contributed by atoms with Crippen molar-refractivity contribution in [3.8, 4) is 0 Å². The quantitative estimate of drug-likeness (QED) is 0.777. The minimum absolute atomic E-state index is 0.0389. The summed E-state index contributed by atoms with van der Waals surface area (Å²) in [6, 6.07) is 9.72. The Hall–Kier alpha value is -2.08. The number of furan rings is 1. The van der Waals surface area contributed by atoms with Gasteiger partial charge in [0.05, 0.1) is 18.4 Å². The topological polar surface area (TPSA) is 71.3 Å². The lowest BCUT2D eigenvalue weighted by Crippen LogP contribution is -2.41. The molecular formula is C17H19BrN2O3. The Labute approximate surface area is 143 Å². The molecule has 122 valence electrons. The van der Waals surface area contributed by atoms with E-state index >= 15 is 0 Å². The summed E-state index contributed by atoms with van der Waals surface area (Å²) >= 11 is 3.40. The Morgan fingerprint density at radius 1 is 1.22 bits per heavy atom. The zero-order chi connectivity index (χ0) is 16.7. The Morgan fingerprint density at radius 3 is 2.61 bits per heavy atom. The van der Waals surface area contributed by atoms with Crippen LogP contribution < -0.4 is 10.6 Å². The maximum absolute atomic E-state index is 11.8. The maximum atomic E-state index is 11.8. The summed E-state index contributed by atoms with van der Waals surface area (Å²) in [5, 5.41) is 5.43. The number of amides is 2. The van der Waals surface area contributed by atoms with Gasteiger partial charge in [-0.25, -0.2) is 0 Å². The van der Waals surface area contributed by atoms with Crippen LogP contribution in [0.3, 0.4) is 0 Å². The molecule has 0 radical (unpaired) electrons. The highest BCUT2D eigenvalue weighted by Crippen LogP contribution is 2.12. The van der Waals surface area contributed by atoms with Crippen LogP contribution in [-0.2, 0) is 11.2 Å². The summed E-state index contributed by atoms with van der Waals surface area (Å²) in [6.07, 6.45) is 4.48. The molecule has 0 fully saturated rings. The standard InChI is InChI=1S/C17H19BrN2O3/c1-12(2-3-13-4-6-15(18)7-5-13)20-16(21)10-19-17(22)14-8-9-23-11-14/h4-9,11-12H,2-3,10H2,1H3,(H,19,22)(H,20,21). The molecule has 0 bridgehead atoms. The highest BCUT2D eigenvalue weighted by molar-refractivity contribution is 9.10. The van der Waals surface area contributed by atoms with Crippen LogP contribution in [-0.4, -0.2) is 24.4 Å². The molecule has 2 amide bonds. The molecule has 0 saturated carbocycles. The predicted molar refractivity (Wildman–Crippen MR) is 91.1 cm³/mol. The highest BCUT2D eigenvalue weighted by Gasteiger charge is 2.11. The summed E-state index contributed by atoms with van der Waals surface area (Å²) in [5.74, 6) is -0.526. The number of carbonyl (C=O) groups is 2. The largest absolute Gasteiger partial charge is 0.472 e. The van der Waals surface area contributed by atoms with Crippen molar-refractivity contribution in [2.75, 3.05) is 6.54 Å². The average molecular weight is 379 g/mol. The lowest BCUT2D eigenvalue weighted by Gasteiger charge is -2.14. The van der Waals surface area contributed by atoms with Crippen molar-refractivity contribution in [3.05, 3.63) is 58.5 Å². The maximum Gasteiger partial charge on any atom is 0.254 e. The fourth-order valence-electron chi connectivity index (χ4n) is 2.09. The van der Waals surface area contributed by atoms with Gasteiger partial charge in [-0.15, -0.1) is 0 Å². The molecule has 1 unspecified atom stereocenters. The SMILES string of the molecule is CC(CCc1ccc(Br)cc1)NC(=O)CNC(=O)c1ccoc1. The number of nitrogens with one attached hydrogen (secondary N) is 2. The highest BCUT2D eigenvalue weighted by atomic mass is 79.9. The molecule has 5 nitrogen and oxygen atoms in total. The molecule has 1 atom stereocenters. The number of benzene rings is 1. The van der Waals surface area contributed by atoms with Gasteiger partial charge in [-0.3, -0.25) is 9.59 Å². The number of carbonyl (C=O) groups excluding carboxylic acids is 2. The van der Waals surface area contributed by atoms with Crippen molar-refractivity contribution in [2.24, 2.45) is 0 Å². The van der Waals surface area contributed by atoms with E-state index in [9.17, 15) is 9.59 Å². The van der Waals surface area contributed by atoms with Crippen molar-refractivity contribution >= 4 is 27.7 Å². The van der Waals surface area contributed by atoms with Crippen molar-refractivity contribution in [1.82, 2.24) is 10.6 Å². The van der Waals surface area contributed by atoms with E-state index in [1.807, 2.05) is 19.1 Å². The average Bonchev–Trinajstić information content (AvgIpc) is 3.06. The normalized spacial score (nSPS) is 11.7. The number of halogens is 1. The van der Waals surface area contributed by atoms with Gasteiger partial charge in [0.1, 0.15) is 6.26 Å². The summed E-state index contributed by atoms with van der Waals surface area (Å²) in [6.45, 7) is 1.90.